The van der Waals surface area contributed by atoms with E-state index >= 15 is 0 Å². The number of carbonyl (C=O) groups is 3. The molecule has 3 fully saturated rings. The second-order valence-corrected chi connectivity index (χ2v) is 19.1. The highest BCUT2D eigenvalue weighted by atomic mass is 32.2. The second-order valence-electron chi connectivity index (χ2n) is 15.2. The van der Waals surface area contributed by atoms with E-state index in [4.69, 9.17) is 4.74 Å². The predicted octanol–water partition coefficient (Wildman–Crippen LogP) is 6.38. The van der Waals surface area contributed by atoms with Crippen LogP contribution >= 0.6 is 22.7 Å². The first kappa shape index (κ1) is 38.5. The molecule has 3 saturated carbocycles. The number of ketones is 1. The van der Waals surface area contributed by atoms with Crippen molar-refractivity contribution in [3.05, 3.63) is 40.4 Å². The molecule has 3 aliphatic carbocycles. The molecule has 5 atom stereocenters. The number of alkyl halides is 3. The van der Waals surface area contributed by atoms with Gasteiger partial charge in [0.2, 0.25) is 27.7 Å². The Hall–Kier alpha value is -3.77. The summed E-state index contributed by atoms with van der Waals surface area (Å²) in [6, 6.07) is 1.54. The Bertz CT molecular complexity index is 2100. The van der Waals surface area contributed by atoms with Crippen LogP contribution in [0.15, 0.2) is 29.0 Å². The van der Waals surface area contributed by atoms with Crippen molar-refractivity contribution < 1.29 is 40.7 Å². The van der Waals surface area contributed by atoms with Crippen LogP contribution in [0.1, 0.15) is 82.5 Å². The fourth-order valence-corrected chi connectivity index (χ4v) is 10.2. The minimum absolute atomic E-state index is 0.0499. The number of halogens is 3. The summed E-state index contributed by atoms with van der Waals surface area (Å²) in [4.78, 5) is 60.9. The number of fused-ring (bicyclic) bond motifs is 2. The molecule has 1 aliphatic heterocycles. The van der Waals surface area contributed by atoms with Gasteiger partial charge in [-0.1, -0.05) is 12.2 Å². The molecule has 2 amide bonds. The third-order valence-electron chi connectivity index (χ3n) is 11.1. The number of rotatable bonds is 7. The molecule has 54 heavy (non-hydrogen) atoms. The molecule has 3 aromatic rings. The first-order valence-electron chi connectivity index (χ1n) is 18.0. The number of amides is 2. The molecule has 0 aromatic carbocycles. The van der Waals surface area contributed by atoms with Crippen molar-refractivity contribution in [2.45, 2.75) is 95.1 Å². The van der Waals surface area contributed by atoms with Crippen LogP contribution in [0.2, 0.25) is 0 Å². The number of nitrogens with zero attached hydrogens (tertiary/aromatic N) is 5. The second kappa shape index (κ2) is 14.4. The maximum absolute atomic E-state index is 14.4. The largest absolute Gasteiger partial charge is 0.474 e. The minimum Gasteiger partial charge on any atom is -0.474 e. The normalized spacial score (nSPS) is 28.0. The molecule has 0 radical (unpaired) electrons. The van der Waals surface area contributed by atoms with Crippen LogP contribution < -0.4 is 9.46 Å². The van der Waals surface area contributed by atoms with Gasteiger partial charge in [0.1, 0.15) is 22.6 Å². The maximum Gasteiger partial charge on any atom is 0.434 e. The molecule has 0 bridgehead atoms. The number of nitrogens with one attached hydrogen (secondary N) is 1. The third-order valence-corrected chi connectivity index (χ3v) is 15.1. The lowest BCUT2D eigenvalue weighted by atomic mass is 9.72. The van der Waals surface area contributed by atoms with Crippen LogP contribution in [-0.2, 0) is 30.6 Å². The topological polar surface area (TPSA) is 161 Å². The zero-order valence-electron chi connectivity index (χ0n) is 30.0. The molecule has 4 aliphatic rings. The molecular weight excluding hydrogens is 766 g/mol. The molecule has 4 heterocycles. The zero-order chi connectivity index (χ0) is 38.6. The molecule has 0 unspecified atom stereocenters. The van der Waals surface area contributed by atoms with Crippen molar-refractivity contribution in [2.75, 3.05) is 13.6 Å². The van der Waals surface area contributed by atoms with Gasteiger partial charge < -0.3 is 9.64 Å². The number of aryl methyl sites for hydroxylation is 1. The molecule has 0 saturated heterocycles. The van der Waals surface area contributed by atoms with Gasteiger partial charge in [0.05, 0.1) is 10.2 Å². The van der Waals surface area contributed by atoms with Crippen molar-refractivity contribution in [2.24, 2.45) is 23.2 Å². The van der Waals surface area contributed by atoms with E-state index in [1.165, 1.54) is 11.3 Å². The number of hydrogen-bond donors (Lipinski definition) is 1. The fraction of sp³-hybridized carbons (Fsp3) is 0.583. The van der Waals surface area contributed by atoms with E-state index in [0.717, 1.165) is 41.7 Å². The van der Waals surface area contributed by atoms with Crippen molar-refractivity contribution in [1.82, 2.24) is 29.6 Å². The van der Waals surface area contributed by atoms with E-state index in [1.54, 1.807) is 31.9 Å². The van der Waals surface area contributed by atoms with Gasteiger partial charge in [-0.05, 0) is 77.6 Å². The lowest BCUT2D eigenvalue weighted by Crippen LogP contribution is -2.47. The highest BCUT2D eigenvalue weighted by Crippen LogP contribution is 2.58. The monoisotopic (exact) mass is 806 g/mol. The summed E-state index contributed by atoms with van der Waals surface area (Å²) in [5.41, 5.74) is -1.27. The number of ether oxygens (including phenoxy) is 1. The molecule has 3 aromatic heterocycles. The molecule has 1 N–H and O–H groups in total. The van der Waals surface area contributed by atoms with Gasteiger partial charge in [-0.2, -0.15) is 18.2 Å². The van der Waals surface area contributed by atoms with Crippen molar-refractivity contribution >= 4 is 50.3 Å². The van der Waals surface area contributed by atoms with Gasteiger partial charge in [-0.25, -0.2) is 23.4 Å². The SMILES string of the molecule is Cc1csc(-c2cc(O[C@H]3CC[C@H]4C(=O)N(C)CCCC/C=C\[C@@H]5C[C@@]5(C(=O)NS(=O)(=O)C5(C)CC5)CC(=O)[C@@H]4C3)nc(-c3nc(C(F)(F)F)cs3)n2)n1. The first-order valence-corrected chi connectivity index (χ1v) is 21.2. The Balaban J connectivity index is 1.18. The third kappa shape index (κ3) is 7.83. The minimum atomic E-state index is -4.65. The van der Waals surface area contributed by atoms with Gasteiger partial charge in [-0.15, -0.1) is 22.7 Å². The van der Waals surface area contributed by atoms with Crippen molar-refractivity contribution in [3.63, 3.8) is 0 Å². The number of Topliss-reactive ketones (excluding diaryl/α,β-unsaturated/α-hetero) is 1. The summed E-state index contributed by atoms with van der Waals surface area (Å²) >= 11 is 2.04. The lowest BCUT2D eigenvalue weighted by Gasteiger charge is -2.37. The Morgan fingerprint density at radius 2 is 1.80 bits per heavy atom. The summed E-state index contributed by atoms with van der Waals surface area (Å²) in [5, 5.41) is 3.14. The summed E-state index contributed by atoms with van der Waals surface area (Å²) in [6.45, 7) is 3.92. The zero-order valence-corrected chi connectivity index (χ0v) is 32.5. The van der Waals surface area contributed by atoms with Crippen LogP contribution in [0.4, 0.5) is 13.2 Å². The number of aromatic nitrogens is 4. The van der Waals surface area contributed by atoms with E-state index < -0.39 is 55.9 Å². The van der Waals surface area contributed by atoms with Crippen molar-refractivity contribution in [1.29, 1.82) is 0 Å². The highest BCUT2D eigenvalue weighted by molar-refractivity contribution is 7.91. The first-order chi connectivity index (χ1) is 25.5. The summed E-state index contributed by atoms with van der Waals surface area (Å²) in [6.07, 6.45) is 2.66. The average molecular weight is 807 g/mol. The molecule has 7 rings (SSSR count). The highest BCUT2D eigenvalue weighted by Gasteiger charge is 2.62. The molecule has 290 valence electrons. The number of thiazole rings is 2. The van der Waals surface area contributed by atoms with Crippen LogP contribution in [0.25, 0.3) is 21.5 Å². The van der Waals surface area contributed by atoms with Gasteiger partial charge in [0.25, 0.3) is 0 Å². The summed E-state index contributed by atoms with van der Waals surface area (Å²) < 4.78 is 74.2. The average Bonchev–Trinajstić information content (AvgIpc) is 3.87. The smallest absolute Gasteiger partial charge is 0.434 e. The van der Waals surface area contributed by atoms with E-state index in [0.29, 0.717) is 49.4 Å². The van der Waals surface area contributed by atoms with Gasteiger partial charge >= 0.3 is 6.18 Å². The lowest BCUT2D eigenvalue weighted by molar-refractivity contribution is -0.144. The molecule has 12 nitrogen and oxygen atoms in total. The van der Waals surface area contributed by atoms with Crippen LogP contribution in [0.3, 0.4) is 0 Å². The Morgan fingerprint density at radius 1 is 1.04 bits per heavy atom. The molecule has 0 spiro atoms. The van der Waals surface area contributed by atoms with Crippen LogP contribution in [0.5, 0.6) is 5.88 Å². The fourth-order valence-electron chi connectivity index (χ4n) is 7.36. The van der Waals surface area contributed by atoms with E-state index in [9.17, 15) is 36.0 Å². The van der Waals surface area contributed by atoms with Crippen LogP contribution in [-0.4, -0.2) is 75.3 Å². The van der Waals surface area contributed by atoms with Gasteiger partial charge in [0, 0.05) is 54.4 Å². The predicted molar refractivity (Wildman–Crippen MR) is 195 cm³/mol. The summed E-state index contributed by atoms with van der Waals surface area (Å²) in [7, 11) is -2.23. The molecule has 18 heteroatoms. The maximum atomic E-state index is 14.4. The van der Waals surface area contributed by atoms with Crippen molar-refractivity contribution in [3.8, 4) is 27.4 Å². The quantitative estimate of drug-likeness (QED) is 0.266. The molecular formula is C36H41F3N6O6S3. The van der Waals surface area contributed by atoms with Gasteiger partial charge in [0.15, 0.2) is 16.5 Å². The number of allylic oxidation sites excluding steroid dienone is 2. The van der Waals surface area contributed by atoms with E-state index in [2.05, 4.69) is 24.7 Å². The Morgan fingerprint density at radius 3 is 2.48 bits per heavy atom. The van der Waals surface area contributed by atoms with E-state index in [-0.39, 0.29) is 47.2 Å². The standard InChI is InChI=1S/C36H41F3N6O6S3/c1-20-18-52-30(40-20)25-15-28(43-29(41-25)31-42-27(19-53-31)36(37,38)39)51-22-9-10-23-24(14-22)26(46)17-35(33(48)44-54(49,50)34(2)11-12-34)16-21(35)8-6-4-5-7-13-45(3)32(23)47/h6,8,15,18-19,21-24H,4-5,7,9-14,16-17H2,1-3H3,(H,44,48)/b8-6-/t21-,22+,23-,24-,35-/m1/s1. The Kier molecular flexibility index (Phi) is 10.3. The Labute approximate surface area is 319 Å². The number of sulfonamides is 1. The van der Waals surface area contributed by atoms with Crippen LogP contribution in [0, 0.1) is 30.1 Å². The number of hydrogen-bond acceptors (Lipinski definition) is 12. The summed E-state index contributed by atoms with van der Waals surface area (Å²) in [5.74, 6) is -3.07. The van der Waals surface area contributed by atoms with E-state index in [1.807, 2.05) is 17.5 Å². The number of carbonyl (C=O) groups excluding carboxylic acids is 3. The van der Waals surface area contributed by atoms with Gasteiger partial charge in [-0.3, -0.25) is 19.1 Å².